The van der Waals surface area contributed by atoms with Gasteiger partial charge in [-0.3, -0.25) is 0 Å². The van der Waals surface area contributed by atoms with Gasteiger partial charge in [-0.1, -0.05) is 7.94 Å². The van der Waals surface area contributed by atoms with Gasteiger partial charge in [0.25, 0.3) is 0 Å². The number of aliphatic hydroxyl groups is 1. The molecule has 0 aliphatic rings. The minimum Gasteiger partial charge on any atom is -0.683 e. The van der Waals surface area contributed by atoms with Crippen molar-refractivity contribution in [3.63, 3.8) is 0 Å². The van der Waals surface area contributed by atoms with Crippen molar-refractivity contribution in [2.75, 3.05) is 0 Å². The molecule has 62 valence electrons. The van der Waals surface area contributed by atoms with Gasteiger partial charge in [0.05, 0.1) is 0 Å². The zero-order valence-corrected chi connectivity index (χ0v) is 11.8. The minimum atomic E-state index is -6.01. The Morgan fingerprint density at radius 3 is 1.50 bits per heavy atom. The van der Waals surface area contributed by atoms with Crippen molar-refractivity contribution >= 4 is 7.94 Å². The Labute approximate surface area is 113 Å². The Hall–Kier alpha value is 2.13. The first kappa shape index (κ1) is 19.7. The first-order valence-corrected chi connectivity index (χ1v) is 3.82. The molecule has 0 radical (unpaired) electrons. The van der Waals surface area contributed by atoms with E-state index in [1.807, 2.05) is 0 Å². The van der Waals surface area contributed by atoms with Gasteiger partial charge >= 0.3 is 64.8 Å². The maximum atomic E-state index is 11.9. The molecule has 1 N–H and O–H groups in total. The van der Waals surface area contributed by atoms with Crippen molar-refractivity contribution in [3.8, 4) is 0 Å². The summed E-state index contributed by atoms with van der Waals surface area (Å²) < 4.78 is 23.8. The van der Waals surface area contributed by atoms with E-state index in [0.29, 0.717) is 6.92 Å². The van der Waals surface area contributed by atoms with E-state index in [9.17, 15) is 23.5 Å². The fourth-order valence-electron chi connectivity index (χ4n) is 0.229. The van der Waals surface area contributed by atoms with Gasteiger partial charge in [-0.15, -0.1) is 0 Å². The van der Waals surface area contributed by atoms with Crippen molar-refractivity contribution in [2.45, 2.75) is 18.7 Å². The van der Waals surface area contributed by atoms with Crippen LogP contribution in [0.15, 0.2) is 0 Å². The van der Waals surface area contributed by atoms with Gasteiger partial charge in [-0.05, 0) is 6.92 Å². The predicted octanol–water partition coefficient (Wildman–Crippen LogP) is -8.19. The summed E-state index contributed by atoms with van der Waals surface area (Å²) in [5.74, 6) is 0. The molecule has 4 nitrogen and oxygen atoms in total. The van der Waals surface area contributed by atoms with Crippen LogP contribution in [0.3, 0.4) is 0 Å². The number of hydrogen-bond acceptors (Lipinski definition) is 4. The van der Waals surface area contributed by atoms with Crippen LogP contribution >= 0.6 is 7.94 Å². The predicted molar refractivity (Wildman–Crippen MR) is 23.5 cm³/mol. The summed E-state index contributed by atoms with van der Waals surface area (Å²) in [7, 11) is -6.01. The van der Waals surface area contributed by atoms with E-state index < -0.39 is 19.7 Å². The van der Waals surface area contributed by atoms with Gasteiger partial charge in [-0.25, -0.2) is 0 Å². The fourth-order valence-corrected chi connectivity index (χ4v) is 0.686. The molecule has 0 aliphatic carbocycles. The molecule has 1 atom stereocenters. The van der Waals surface area contributed by atoms with Crippen LogP contribution < -0.4 is 73.8 Å². The summed E-state index contributed by atoms with van der Waals surface area (Å²) in [5, 5.41) is 8.09. The van der Waals surface area contributed by atoms with Crippen LogP contribution in [0.1, 0.15) is 6.92 Å². The Kier molecular flexibility index (Phi) is 10.8. The zero-order chi connectivity index (χ0) is 8.58. The van der Waals surface area contributed by atoms with Gasteiger partial charge < -0.3 is 19.8 Å². The second-order valence-corrected chi connectivity index (χ2v) is 3.35. The first-order chi connectivity index (χ1) is 4.19. The van der Waals surface area contributed by atoms with E-state index in [4.69, 9.17) is 5.11 Å². The van der Waals surface area contributed by atoms with Gasteiger partial charge in [0, 0.05) is 0 Å². The molecule has 0 aromatic rings. The molecule has 0 saturated heterocycles. The molecule has 0 amide bonds. The SMILES string of the molecule is CC(O)C(F)(F)[P+]([O-])([O-])[O-].[Na+].[Na+]. The molecule has 0 rings (SSSR count). The van der Waals surface area contributed by atoms with Crippen LogP contribution in [-0.2, 0) is 0 Å². The summed E-state index contributed by atoms with van der Waals surface area (Å²) in [4.78, 5) is 29.0. The third kappa shape index (κ3) is 5.12. The maximum Gasteiger partial charge on any atom is 1.00 e. The summed E-state index contributed by atoms with van der Waals surface area (Å²) in [6, 6.07) is 0. The molecule has 1 unspecified atom stereocenters. The smallest absolute Gasteiger partial charge is 0.683 e. The third-order valence-corrected chi connectivity index (χ3v) is 1.97. The van der Waals surface area contributed by atoms with Crippen molar-refractivity contribution in [3.05, 3.63) is 0 Å². The molecule has 9 heteroatoms. The van der Waals surface area contributed by atoms with Gasteiger partial charge in [0.2, 0.25) is 0 Å². The summed E-state index contributed by atoms with van der Waals surface area (Å²) in [6.45, 7) is 0.530. The fraction of sp³-hybridized carbons (Fsp3) is 1.00. The first-order valence-electron chi connectivity index (χ1n) is 2.27. The van der Waals surface area contributed by atoms with Gasteiger partial charge in [0.15, 0.2) is 6.10 Å². The number of aliphatic hydroxyl groups excluding tert-OH is 1. The van der Waals surface area contributed by atoms with E-state index in [1.54, 1.807) is 0 Å². The van der Waals surface area contributed by atoms with E-state index in [1.165, 1.54) is 0 Å². The van der Waals surface area contributed by atoms with Crippen LogP contribution in [0, 0.1) is 0 Å². The Morgan fingerprint density at radius 2 is 1.50 bits per heavy atom. The number of halogens is 2. The molecule has 0 aliphatic heterocycles. The molecule has 12 heavy (non-hydrogen) atoms. The van der Waals surface area contributed by atoms with E-state index in [0.717, 1.165) is 0 Å². The van der Waals surface area contributed by atoms with Crippen molar-refractivity contribution in [1.29, 1.82) is 0 Å². The number of hydrogen-bond donors (Lipinski definition) is 1. The van der Waals surface area contributed by atoms with Gasteiger partial charge in [-0.2, -0.15) is 8.78 Å². The second-order valence-electron chi connectivity index (χ2n) is 1.76. The van der Waals surface area contributed by atoms with Crippen molar-refractivity contribution in [1.82, 2.24) is 0 Å². The molecule has 0 aromatic heterocycles. The zero-order valence-electron chi connectivity index (χ0n) is 6.95. The second kappa shape index (κ2) is 6.58. The monoisotopic (exact) mass is 220 g/mol. The minimum absolute atomic E-state index is 0. The van der Waals surface area contributed by atoms with Crippen LogP contribution in [0.5, 0.6) is 0 Å². The molecule has 0 bridgehead atoms. The molecule has 0 fully saturated rings. The van der Waals surface area contributed by atoms with E-state index >= 15 is 0 Å². The Morgan fingerprint density at radius 1 is 1.25 bits per heavy atom. The van der Waals surface area contributed by atoms with E-state index in [2.05, 4.69) is 0 Å². The molecular weight excluding hydrogens is 215 g/mol. The van der Waals surface area contributed by atoms with Crippen LogP contribution in [0.25, 0.3) is 0 Å². The standard InChI is InChI=1S/C3H7F2O4P.2Na/c1-2(6)3(4,5)10(7,8)9;;/h2,6H,1H3,(H2,7,8,9);;/q;2*+1/p-2. The van der Waals surface area contributed by atoms with Crippen LogP contribution in [-0.4, -0.2) is 16.9 Å². The summed E-state index contributed by atoms with van der Waals surface area (Å²) >= 11 is 0. The third-order valence-electron chi connectivity index (χ3n) is 0.868. The quantitative estimate of drug-likeness (QED) is 0.369. The molecule has 0 heterocycles. The van der Waals surface area contributed by atoms with Crippen LogP contribution in [0.2, 0.25) is 0 Å². The molecular formula is C3H5F2Na2O4P. The Bertz CT molecular complexity index is 128. The maximum absolute atomic E-state index is 11.9. The normalized spacial score (nSPS) is 14.2. The Balaban J connectivity index is -0.000000405. The molecule has 0 aromatic carbocycles. The topological polar surface area (TPSA) is 89.4 Å². The van der Waals surface area contributed by atoms with E-state index in [-0.39, 0.29) is 59.1 Å². The molecule has 0 saturated carbocycles. The number of alkyl halides is 2. The number of rotatable bonds is 2. The molecule has 0 spiro atoms. The average molecular weight is 220 g/mol. The average Bonchev–Trinajstić information content (AvgIpc) is 1.62. The van der Waals surface area contributed by atoms with Gasteiger partial charge in [0.1, 0.15) is 0 Å². The largest absolute Gasteiger partial charge is 1.00 e. The van der Waals surface area contributed by atoms with Crippen LogP contribution in [0.4, 0.5) is 8.78 Å². The van der Waals surface area contributed by atoms with Crippen molar-refractivity contribution in [2.24, 2.45) is 0 Å². The summed E-state index contributed by atoms with van der Waals surface area (Å²) in [5.41, 5.74) is -4.56. The van der Waals surface area contributed by atoms with Crippen molar-refractivity contribution < 1.29 is 87.7 Å². The summed E-state index contributed by atoms with van der Waals surface area (Å²) in [6.07, 6.45) is -2.46.